The summed E-state index contributed by atoms with van der Waals surface area (Å²) in [5.74, 6) is -0.690. The van der Waals surface area contributed by atoms with E-state index in [0.29, 0.717) is 5.69 Å². The van der Waals surface area contributed by atoms with Gasteiger partial charge in [0.1, 0.15) is 8.96 Å². The molecule has 1 heterocycles. The van der Waals surface area contributed by atoms with E-state index in [2.05, 4.69) is 31.9 Å². The van der Waals surface area contributed by atoms with Crippen LogP contribution in [0.4, 0.5) is 5.69 Å². The van der Waals surface area contributed by atoms with Gasteiger partial charge in [-0.1, -0.05) is 12.1 Å². The van der Waals surface area contributed by atoms with Gasteiger partial charge in [0.05, 0.1) is 5.69 Å². The number of hydrogen-bond donors (Lipinski definition) is 0. The van der Waals surface area contributed by atoms with Crippen LogP contribution in [0.3, 0.4) is 0 Å². The Labute approximate surface area is 109 Å². The molecular formula is C11H7Br2NO2. The number of halogens is 2. The van der Waals surface area contributed by atoms with Crippen molar-refractivity contribution in [2.24, 2.45) is 0 Å². The normalized spacial score (nSPS) is 16.3. The summed E-state index contributed by atoms with van der Waals surface area (Å²) in [6.07, 6.45) is 0. The number of nitrogens with zero attached hydrogens (tertiary/aromatic N) is 1. The third-order valence-electron chi connectivity index (χ3n) is 2.23. The largest absolute Gasteiger partial charge is 0.273 e. The number of rotatable bonds is 1. The Balaban J connectivity index is 2.46. The van der Waals surface area contributed by atoms with Crippen molar-refractivity contribution in [1.29, 1.82) is 0 Å². The smallest absolute Gasteiger partial charge is 0.268 e. The van der Waals surface area contributed by atoms with Gasteiger partial charge >= 0.3 is 0 Å². The number of aryl methyl sites for hydroxylation is 1. The van der Waals surface area contributed by atoms with Gasteiger partial charge in [-0.05, 0) is 56.5 Å². The fraction of sp³-hybridized carbons (Fsp3) is 0.0909. The molecule has 0 unspecified atom stereocenters. The van der Waals surface area contributed by atoms with Gasteiger partial charge in [-0.2, -0.15) is 0 Å². The first-order chi connectivity index (χ1) is 7.52. The van der Waals surface area contributed by atoms with Crippen molar-refractivity contribution in [2.75, 3.05) is 4.90 Å². The van der Waals surface area contributed by atoms with Crippen LogP contribution in [-0.2, 0) is 9.59 Å². The zero-order chi connectivity index (χ0) is 11.9. The van der Waals surface area contributed by atoms with Crippen molar-refractivity contribution in [2.45, 2.75) is 6.92 Å². The molecule has 5 heteroatoms. The van der Waals surface area contributed by atoms with Crippen molar-refractivity contribution in [3.05, 3.63) is 38.8 Å². The van der Waals surface area contributed by atoms with E-state index in [1.165, 1.54) is 0 Å². The summed E-state index contributed by atoms with van der Waals surface area (Å²) >= 11 is 6.17. The second kappa shape index (κ2) is 4.14. The number of carbonyl (C=O) groups excluding carboxylic acids is 2. The van der Waals surface area contributed by atoms with Gasteiger partial charge in [0.2, 0.25) is 0 Å². The van der Waals surface area contributed by atoms with E-state index >= 15 is 0 Å². The minimum absolute atomic E-state index is 0.263. The van der Waals surface area contributed by atoms with Gasteiger partial charge in [0.25, 0.3) is 11.8 Å². The standard InChI is InChI=1S/C11H7Br2NO2/c1-6-3-2-4-7(5-6)14-10(15)8(12)9(13)11(14)16/h2-5H,1H3. The minimum Gasteiger partial charge on any atom is -0.268 e. The van der Waals surface area contributed by atoms with E-state index in [-0.39, 0.29) is 20.8 Å². The lowest BCUT2D eigenvalue weighted by Crippen LogP contribution is -2.30. The number of anilines is 1. The Kier molecular flexibility index (Phi) is 2.99. The second-order valence-electron chi connectivity index (χ2n) is 3.41. The third kappa shape index (κ3) is 1.74. The molecule has 3 nitrogen and oxygen atoms in total. The molecule has 0 saturated heterocycles. The van der Waals surface area contributed by atoms with Gasteiger partial charge in [-0.3, -0.25) is 9.59 Å². The van der Waals surface area contributed by atoms with Crippen LogP contribution in [0.1, 0.15) is 5.56 Å². The summed E-state index contributed by atoms with van der Waals surface area (Å²) < 4.78 is 0.526. The van der Waals surface area contributed by atoms with Crippen molar-refractivity contribution >= 4 is 49.4 Å². The first-order valence-electron chi connectivity index (χ1n) is 4.53. The predicted octanol–water partition coefficient (Wildman–Crippen LogP) is 2.87. The molecule has 0 bridgehead atoms. The molecule has 0 saturated carbocycles. The van der Waals surface area contributed by atoms with Crippen LogP contribution in [0.5, 0.6) is 0 Å². The lowest BCUT2D eigenvalue weighted by Gasteiger charge is -2.14. The third-order valence-corrected chi connectivity index (χ3v) is 4.24. The molecule has 1 aliphatic heterocycles. The molecule has 0 spiro atoms. The average molecular weight is 345 g/mol. The van der Waals surface area contributed by atoms with Crippen molar-refractivity contribution in [3.8, 4) is 0 Å². The molecule has 16 heavy (non-hydrogen) atoms. The Morgan fingerprint density at radius 3 is 2.12 bits per heavy atom. The van der Waals surface area contributed by atoms with Gasteiger partial charge in [0.15, 0.2) is 0 Å². The van der Waals surface area contributed by atoms with Gasteiger partial charge in [-0.25, -0.2) is 4.90 Å². The molecule has 0 atom stereocenters. The highest BCUT2D eigenvalue weighted by atomic mass is 79.9. The maximum atomic E-state index is 11.8. The van der Waals surface area contributed by atoms with E-state index < -0.39 is 0 Å². The topological polar surface area (TPSA) is 37.4 Å². The van der Waals surface area contributed by atoms with E-state index in [1.807, 2.05) is 19.1 Å². The average Bonchev–Trinajstić information content (AvgIpc) is 2.44. The molecule has 0 aliphatic carbocycles. The monoisotopic (exact) mass is 343 g/mol. The molecule has 0 aromatic heterocycles. The van der Waals surface area contributed by atoms with Crippen LogP contribution in [0.15, 0.2) is 33.2 Å². The Hall–Kier alpha value is -0.940. The fourth-order valence-corrected chi connectivity index (χ4v) is 2.17. The molecular weight excluding hydrogens is 338 g/mol. The lowest BCUT2D eigenvalue weighted by atomic mass is 10.2. The quantitative estimate of drug-likeness (QED) is 0.734. The SMILES string of the molecule is Cc1cccc(N2C(=O)C(Br)=C(Br)C2=O)c1. The maximum absolute atomic E-state index is 11.8. The van der Waals surface area contributed by atoms with E-state index in [9.17, 15) is 9.59 Å². The minimum atomic E-state index is -0.345. The van der Waals surface area contributed by atoms with Gasteiger partial charge in [-0.15, -0.1) is 0 Å². The molecule has 1 aromatic carbocycles. The van der Waals surface area contributed by atoms with Gasteiger partial charge in [0, 0.05) is 0 Å². The molecule has 2 rings (SSSR count). The van der Waals surface area contributed by atoms with Crippen LogP contribution in [0, 0.1) is 6.92 Å². The van der Waals surface area contributed by atoms with Gasteiger partial charge < -0.3 is 0 Å². The number of carbonyl (C=O) groups is 2. The van der Waals surface area contributed by atoms with E-state index in [1.54, 1.807) is 12.1 Å². The Morgan fingerprint density at radius 2 is 1.62 bits per heavy atom. The molecule has 2 amide bonds. The predicted molar refractivity (Wildman–Crippen MR) is 68.6 cm³/mol. The zero-order valence-corrected chi connectivity index (χ0v) is 11.5. The summed E-state index contributed by atoms with van der Waals surface area (Å²) in [4.78, 5) is 24.8. The molecule has 1 aromatic rings. The Morgan fingerprint density at radius 1 is 1.06 bits per heavy atom. The zero-order valence-electron chi connectivity index (χ0n) is 8.33. The van der Waals surface area contributed by atoms with Crippen LogP contribution in [0.2, 0.25) is 0 Å². The summed E-state index contributed by atoms with van der Waals surface area (Å²) in [5.41, 5.74) is 1.58. The van der Waals surface area contributed by atoms with Crippen LogP contribution in [-0.4, -0.2) is 11.8 Å². The first kappa shape index (κ1) is 11.5. The molecule has 0 radical (unpaired) electrons. The van der Waals surface area contributed by atoms with Crippen LogP contribution >= 0.6 is 31.9 Å². The summed E-state index contributed by atoms with van der Waals surface area (Å²) in [6, 6.07) is 7.24. The first-order valence-corrected chi connectivity index (χ1v) is 6.11. The second-order valence-corrected chi connectivity index (χ2v) is 5.00. The molecule has 82 valence electrons. The Bertz CT molecular complexity index is 498. The van der Waals surface area contributed by atoms with E-state index in [0.717, 1.165) is 10.5 Å². The van der Waals surface area contributed by atoms with E-state index in [4.69, 9.17) is 0 Å². The van der Waals surface area contributed by atoms with Crippen molar-refractivity contribution < 1.29 is 9.59 Å². The van der Waals surface area contributed by atoms with Crippen LogP contribution < -0.4 is 4.90 Å². The molecule has 1 aliphatic rings. The number of hydrogen-bond acceptors (Lipinski definition) is 2. The number of imide groups is 1. The summed E-state index contributed by atoms with van der Waals surface area (Å²) in [5, 5.41) is 0. The van der Waals surface area contributed by atoms with Crippen molar-refractivity contribution in [1.82, 2.24) is 0 Å². The maximum Gasteiger partial charge on any atom is 0.273 e. The summed E-state index contributed by atoms with van der Waals surface area (Å²) in [7, 11) is 0. The lowest BCUT2D eigenvalue weighted by molar-refractivity contribution is -0.120. The van der Waals surface area contributed by atoms with Crippen molar-refractivity contribution in [3.63, 3.8) is 0 Å². The molecule has 0 fully saturated rings. The highest BCUT2D eigenvalue weighted by molar-refractivity contribution is 9.14. The highest BCUT2D eigenvalue weighted by Crippen LogP contribution is 2.33. The summed E-state index contributed by atoms with van der Waals surface area (Å²) in [6.45, 7) is 1.91. The number of benzene rings is 1. The molecule has 0 N–H and O–H groups in total. The van der Waals surface area contributed by atoms with Crippen LogP contribution in [0.25, 0.3) is 0 Å². The highest BCUT2D eigenvalue weighted by Gasteiger charge is 2.36. The fourth-order valence-electron chi connectivity index (χ4n) is 1.48. The number of amides is 2.